The topological polar surface area (TPSA) is 214 Å². The molecule has 8 N–H and O–H groups in total. The molecule has 1 heterocycles. The summed E-state index contributed by atoms with van der Waals surface area (Å²) in [6, 6.07) is 16.8. The molecule has 2 amide bonds. The normalized spacial score (nSPS) is 18.6. The second-order valence-corrected chi connectivity index (χ2v) is 16.5. The van der Waals surface area contributed by atoms with E-state index in [4.69, 9.17) is 21.4 Å². The van der Waals surface area contributed by atoms with Crippen LogP contribution in [0.4, 0.5) is 4.79 Å². The van der Waals surface area contributed by atoms with Crippen molar-refractivity contribution in [3.63, 3.8) is 0 Å². The summed E-state index contributed by atoms with van der Waals surface area (Å²) in [7, 11) is -3.83. The lowest BCUT2D eigenvalue weighted by molar-refractivity contribution is -0.113. The molecule has 0 saturated heterocycles. The van der Waals surface area contributed by atoms with Crippen LogP contribution in [-0.2, 0) is 15.6 Å². The molecule has 0 spiro atoms. The third-order valence-electron chi connectivity index (χ3n) is 9.88. The summed E-state index contributed by atoms with van der Waals surface area (Å²) in [5.74, 6) is 0.307. The highest BCUT2D eigenvalue weighted by Crippen LogP contribution is 2.50. The van der Waals surface area contributed by atoms with Crippen molar-refractivity contribution in [2.24, 2.45) is 5.92 Å². The van der Waals surface area contributed by atoms with Crippen LogP contribution in [0.3, 0.4) is 0 Å². The number of sulfonamides is 1. The van der Waals surface area contributed by atoms with Crippen molar-refractivity contribution in [2.45, 2.75) is 98.4 Å². The number of halogens is 1. The van der Waals surface area contributed by atoms with E-state index >= 15 is 0 Å². The van der Waals surface area contributed by atoms with Gasteiger partial charge >= 0.3 is 6.03 Å². The molecule has 2 fully saturated rings. The van der Waals surface area contributed by atoms with E-state index in [1.165, 1.54) is 17.0 Å². The fourth-order valence-corrected chi connectivity index (χ4v) is 7.98. The molecule has 0 radical (unpaired) electrons. The average Bonchev–Trinajstić information content (AvgIpc) is 4.12. The Kier molecular flexibility index (Phi) is 14.3. The van der Waals surface area contributed by atoms with Crippen molar-refractivity contribution in [1.82, 2.24) is 25.2 Å². The van der Waals surface area contributed by atoms with Gasteiger partial charge in [0.2, 0.25) is 10.0 Å². The van der Waals surface area contributed by atoms with Crippen molar-refractivity contribution >= 4 is 27.7 Å². The lowest BCUT2D eigenvalue weighted by Gasteiger charge is -2.37. The number of nitrogens with zero attached hydrogens (tertiary/aromatic N) is 2. The predicted molar refractivity (Wildman–Crippen MR) is 203 cm³/mol. The second-order valence-electron chi connectivity index (χ2n) is 14.3. The Labute approximate surface area is 321 Å². The number of carbonyl (C=O) groups is 1. The van der Waals surface area contributed by atoms with E-state index in [0.717, 1.165) is 48.1 Å². The summed E-state index contributed by atoms with van der Waals surface area (Å²) in [5, 5.41) is 55.7. The summed E-state index contributed by atoms with van der Waals surface area (Å²) in [6.45, 7) is 2.49. The molecule has 5 rings (SSSR count). The van der Waals surface area contributed by atoms with E-state index in [1.54, 1.807) is 38.2 Å². The zero-order valence-corrected chi connectivity index (χ0v) is 32.0. The Bertz CT molecular complexity index is 1780. The molecular weight excluding hydrogens is 738 g/mol. The number of aliphatic hydroxyl groups excluding tert-OH is 5. The van der Waals surface area contributed by atoms with Gasteiger partial charge in [0.1, 0.15) is 29.6 Å². The first-order valence-corrected chi connectivity index (χ1v) is 20.2. The molecule has 3 aromatic rings. The van der Waals surface area contributed by atoms with Crippen LogP contribution in [0.25, 0.3) is 11.1 Å². The lowest BCUT2D eigenvalue weighted by atomic mass is 9.93. The lowest BCUT2D eigenvalue weighted by Crippen LogP contribution is -2.55. The van der Waals surface area contributed by atoms with E-state index in [1.807, 2.05) is 36.5 Å². The summed E-state index contributed by atoms with van der Waals surface area (Å²) in [6.07, 6.45) is 0.643. The highest BCUT2D eigenvalue weighted by Gasteiger charge is 2.47. The molecule has 6 atom stereocenters. The van der Waals surface area contributed by atoms with E-state index in [9.17, 15) is 33.6 Å². The van der Waals surface area contributed by atoms with Gasteiger partial charge in [0, 0.05) is 55.1 Å². The standard InChI is InChI=1S/C38H52ClN5O9S/c1-24(2)44(37(50)41-22-31(46)34(48)35(49)32(47)23-45)36(39)25(14-19-43-54(51,52)27-8-4-3-5-9-27)20-42-38(16-17-38)30-21-40-18-15-28(30)29-10-6-7-11-33(29)53-26-12-13-26/h3-11,15,18,21,24-26,31-32,34-36,42-43,45-49H,12-14,16-17,19-20,22-23H2,1-2H3,(H,41,50)/t25?,31-,32+,34+,35+,36?/m0/s1. The molecule has 296 valence electrons. The SMILES string of the molecule is CC(C)N(C(=O)NC[C@H](O)[C@@H](O)[C@H](O)[C@H](O)CO)C(Cl)C(CCNS(=O)(=O)c1ccccc1)CNC1(c2cnccc2-c2ccccc2OC2CC2)CC1. The Morgan fingerprint density at radius 3 is 2.28 bits per heavy atom. The zero-order valence-electron chi connectivity index (χ0n) is 30.5. The molecule has 14 nitrogen and oxygen atoms in total. The maximum absolute atomic E-state index is 13.6. The van der Waals surface area contributed by atoms with Crippen molar-refractivity contribution in [2.75, 3.05) is 26.2 Å². The molecule has 0 aliphatic heterocycles. The fourth-order valence-electron chi connectivity index (χ4n) is 6.38. The zero-order chi connectivity index (χ0) is 39.0. The minimum Gasteiger partial charge on any atom is -0.490 e. The largest absolute Gasteiger partial charge is 0.490 e. The van der Waals surface area contributed by atoms with Gasteiger partial charge in [-0.25, -0.2) is 17.9 Å². The van der Waals surface area contributed by atoms with Gasteiger partial charge in [-0.05, 0) is 81.3 Å². The summed E-state index contributed by atoms with van der Waals surface area (Å²) in [4.78, 5) is 19.6. The van der Waals surface area contributed by atoms with Gasteiger partial charge in [-0.15, -0.1) is 0 Å². The number of urea groups is 1. The van der Waals surface area contributed by atoms with Crippen molar-refractivity contribution in [1.29, 1.82) is 0 Å². The van der Waals surface area contributed by atoms with Gasteiger partial charge in [-0.1, -0.05) is 48.0 Å². The van der Waals surface area contributed by atoms with Crippen LogP contribution in [0.1, 0.15) is 51.5 Å². The average molecular weight is 790 g/mol. The summed E-state index contributed by atoms with van der Waals surface area (Å²) >= 11 is 7.16. The van der Waals surface area contributed by atoms with E-state index in [0.29, 0.717) is 6.54 Å². The summed E-state index contributed by atoms with van der Waals surface area (Å²) < 4.78 is 35.1. The molecule has 1 aromatic heterocycles. The molecule has 2 aliphatic carbocycles. The number of carbonyl (C=O) groups excluding carboxylic acids is 1. The highest BCUT2D eigenvalue weighted by molar-refractivity contribution is 7.89. The van der Waals surface area contributed by atoms with Gasteiger partial charge in [0.25, 0.3) is 0 Å². The van der Waals surface area contributed by atoms with E-state index in [-0.39, 0.29) is 24.0 Å². The number of pyridine rings is 1. The first-order chi connectivity index (χ1) is 25.8. The minimum absolute atomic E-state index is 0.0212. The van der Waals surface area contributed by atoms with Gasteiger partial charge < -0.3 is 45.8 Å². The monoisotopic (exact) mass is 789 g/mol. The molecule has 2 aliphatic rings. The Morgan fingerprint density at radius 2 is 1.63 bits per heavy atom. The summed E-state index contributed by atoms with van der Waals surface area (Å²) in [5.41, 5.74) is 1.51. The van der Waals surface area contributed by atoms with Crippen molar-refractivity contribution < 1.29 is 43.5 Å². The number of aliphatic hydroxyl groups is 5. The minimum atomic E-state index is -3.83. The molecule has 2 saturated carbocycles. The molecule has 16 heteroatoms. The number of amides is 2. The maximum atomic E-state index is 13.6. The quantitative estimate of drug-likeness (QED) is 0.0579. The number of aromatic nitrogens is 1. The molecule has 0 bridgehead atoms. The molecular formula is C38H52ClN5O9S. The van der Waals surface area contributed by atoms with Crippen LogP contribution in [0, 0.1) is 5.92 Å². The van der Waals surface area contributed by atoms with Crippen LogP contribution < -0.4 is 20.1 Å². The molecule has 2 unspecified atom stereocenters. The molecule has 2 aromatic carbocycles. The number of alkyl halides is 1. The van der Waals surface area contributed by atoms with E-state index < -0.39 is 76.6 Å². The predicted octanol–water partition coefficient (Wildman–Crippen LogP) is 2.27. The Morgan fingerprint density at radius 1 is 0.963 bits per heavy atom. The first-order valence-electron chi connectivity index (χ1n) is 18.3. The number of nitrogens with one attached hydrogen (secondary N) is 3. The van der Waals surface area contributed by atoms with Gasteiger partial charge in [-0.3, -0.25) is 4.98 Å². The second kappa shape index (κ2) is 18.5. The Balaban J connectivity index is 1.35. The smallest absolute Gasteiger partial charge is 0.318 e. The number of hydrogen-bond donors (Lipinski definition) is 8. The number of rotatable bonds is 21. The van der Waals surface area contributed by atoms with Crippen molar-refractivity contribution in [3.05, 3.63) is 78.6 Å². The highest BCUT2D eigenvalue weighted by atomic mass is 35.5. The molecule has 54 heavy (non-hydrogen) atoms. The van der Waals surface area contributed by atoms with Crippen LogP contribution in [0.2, 0.25) is 0 Å². The van der Waals surface area contributed by atoms with Gasteiger partial charge in [0.15, 0.2) is 0 Å². The number of ether oxygens (including phenoxy) is 1. The van der Waals surface area contributed by atoms with Crippen LogP contribution in [0.15, 0.2) is 78.0 Å². The van der Waals surface area contributed by atoms with E-state index in [2.05, 4.69) is 20.3 Å². The van der Waals surface area contributed by atoms with Gasteiger partial charge in [0.05, 0.1) is 23.7 Å². The maximum Gasteiger partial charge on any atom is 0.318 e. The number of para-hydroxylation sites is 1. The van der Waals surface area contributed by atoms with Crippen LogP contribution >= 0.6 is 11.6 Å². The third-order valence-corrected chi connectivity index (χ3v) is 11.9. The van der Waals surface area contributed by atoms with Crippen LogP contribution in [0.5, 0.6) is 5.75 Å². The van der Waals surface area contributed by atoms with Crippen LogP contribution in [-0.4, -0.2) is 118 Å². The fraction of sp³-hybridized carbons (Fsp3) is 0.526. The number of benzene rings is 2. The third kappa shape index (κ3) is 10.5. The number of hydrogen-bond acceptors (Lipinski definition) is 11. The van der Waals surface area contributed by atoms with Crippen molar-refractivity contribution in [3.8, 4) is 16.9 Å². The first kappa shape index (κ1) is 41.8. The van der Waals surface area contributed by atoms with Gasteiger partial charge in [-0.2, -0.15) is 0 Å². The Hall–Kier alpha value is -3.38.